The number of para-hydroxylation sites is 1. The minimum atomic E-state index is 0. The summed E-state index contributed by atoms with van der Waals surface area (Å²) in [5, 5.41) is 10.4. The molecule has 0 saturated heterocycles. The van der Waals surface area contributed by atoms with E-state index < -0.39 is 0 Å². The number of aromatic nitrogens is 1. The Bertz CT molecular complexity index is 428. The van der Waals surface area contributed by atoms with Crippen molar-refractivity contribution < 1.29 is 31.3 Å². The van der Waals surface area contributed by atoms with Gasteiger partial charge in [-0.05, 0) is 19.1 Å². The number of phenolic OH excluding ortho intramolecular Hbond substituents is 1. The first-order valence-electron chi connectivity index (χ1n) is 3.83. The van der Waals surface area contributed by atoms with Crippen LogP contribution in [0.25, 0.3) is 10.9 Å². The molecule has 3 heteroatoms. The largest absolute Gasteiger partial charge is 0.506 e. The van der Waals surface area contributed by atoms with Crippen LogP contribution in [0, 0.1) is 6.92 Å². The molecule has 64 valence electrons. The van der Waals surface area contributed by atoms with Gasteiger partial charge in [-0.1, -0.05) is 18.2 Å². The van der Waals surface area contributed by atoms with E-state index in [9.17, 15) is 5.11 Å². The number of pyridine rings is 1. The van der Waals surface area contributed by atoms with Gasteiger partial charge in [-0.25, -0.2) is 4.98 Å². The van der Waals surface area contributed by atoms with Gasteiger partial charge in [0.2, 0.25) is 0 Å². The number of phenols is 1. The fourth-order valence-corrected chi connectivity index (χ4v) is 1.23. The maximum atomic E-state index is 9.43. The summed E-state index contributed by atoms with van der Waals surface area (Å²) in [5.74, 6) is 0.246. The predicted octanol–water partition coefficient (Wildman–Crippen LogP) is 2.25. The molecule has 0 atom stereocenters. The van der Waals surface area contributed by atoms with Gasteiger partial charge in [-0.3, -0.25) is 0 Å². The van der Waals surface area contributed by atoms with Crippen molar-refractivity contribution in [2.75, 3.05) is 0 Å². The van der Waals surface area contributed by atoms with Crippen LogP contribution in [0.15, 0.2) is 30.3 Å². The average Bonchev–Trinajstić information content (AvgIpc) is 2.07. The summed E-state index contributed by atoms with van der Waals surface area (Å²) in [6.45, 7) is 1.91. The van der Waals surface area contributed by atoms with Crippen LogP contribution >= 0.6 is 0 Å². The summed E-state index contributed by atoms with van der Waals surface area (Å²) in [5.41, 5.74) is 1.60. The predicted molar refractivity (Wildman–Crippen MR) is 48.1 cm³/mol. The van der Waals surface area contributed by atoms with Crippen molar-refractivity contribution >= 4 is 10.9 Å². The quantitative estimate of drug-likeness (QED) is 0.778. The second-order valence-electron chi connectivity index (χ2n) is 2.80. The molecule has 0 unspecified atom stereocenters. The number of nitrogens with zero attached hydrogens (tertiary/aromatic N) is 1. The van der Waals surface area contributed by atoms with Crippen molar-refractivity contribution in [3.63, 3.8) is 0 Å². The molecule has 0 spiro atoms. The topological polar surface area (TPSA) is 33.1 Å². The molecule has 0 bridgehead atoms. The molecule has 2 nitrogen and oxygen atoms in total. The van der Waals surface area contributed by atoms with Crippen molar-refractivity contribution in [2.45, 2.75) is 6.92 Å². The zero-order valence-electron chi connectivity index (χ0n) is 7.28. The standard InChI is InChI=1S/C10H9NO.Zr/c1-7-5-6-8-3-2-4-9(12)10(8)11-7;/h2-6,12H,1H3;. The third kappa shape index (κ3) is 1.97. The summed E-state index contributed by atoms with van der Waals surface area (Å²) < 4.78 is 0. The van der Waals surface area contributed by atoms with Crippen LogP contribution in [-0.4, -0.2) is 10.1 Å². The smallest absolute Gasteiger partial charge is 0.141 e. The number of hydrogen-bond donors (Lipinski definition) is 1. The molecule has 0 aliphatic heterocycles. The van der Waals surface area contributed by atoms with Crippen LogP contribution in [0.5, 0.6) is 5.75 Å². The molecule has 2 rings (SSSR count). The van der Waals surface area contributed by atoms with Crippen LogP contribution in [0.1, 0.15) is 5.69 Å². The van der Waals surface area contributed by atoms with E-state index in [0.29, 0.717) is 5.52 Å². The van der Waals surface area contributed by atoms with E-state index in [1.165, 1.54) is 0 Å². The second-order valence-corrected chi connectivity index (χ2v) is 2.80. The van der Waals surface area contributed by atoms with Crippen molar-refractivity contribution in [1.29, 1.82) is 0 Å². The van der Waals surface area contributed by atoms with Crippen LogP contribution in [0.2, 0.25) is 0 Å². The number of aromatic hydroxyl groups is 1. The molecule has 13 heavy (non-hydrogen) atoms. The molecule has 1 N–H and O–H groups in total. The minimum Gasteiger partial charge on any atom is -0.506 e. The molecule has 0 saturated carbocycles. The van der Waals surface area contributed by atoms with Crippen molar-refractivity contribution in [2.24, 2.45) is 0 Å². The first kappa shape index (κ1) is 10.4. The molecule has 0 aliphatic rings. The van der Waals surface area contributed by atoms with Gasteiger partial charge in [0, 0.05) is 37.3 Å². The van der Waals surface area contributed by atoms with E-state index in [1.807, 2.05) is 31.2 Å². The van der Waals surface area contributed by atoms with Gasteiger partial charge in [0.25, 0.3) is 0 Å². The zero-order chi connectivity index (χ0) is 8.55. The van der Waals surface area contributed by atoms with Gasteiger partial charge in [-0.15, -0.1) is 0 Å². The number of benzene rings is 1. The summed E-state index contributed by atoms with van der Waals surface area (Å²) in [7, 11) is 0. The molecule has 1 aromatic carbocycles. The third-order valence-electron chi connectivity index (χ3n) is 1.84. The molecule has 0 aliphatic carbocycles. The molecule has 1 heterocycles. The van der Waals surface area contributed by atoms with Crippen LogP contribution < -0.4 is 0 Å². The fourth-order valence-electron chi connectivity index (χ4n) is 1.23. The van der Waals surface area contributed by atoms with Gasteiger partial charge in [0.05, 0.1) is 0 Å². The van der Waals surface area contributed by atoms with E-state index in [-0.39, 0.29) is 32.0 Å². The van der Waals surface area contributed by atoms with Gasteiger partial charge < -0.3 is 5.11 Å². The average molecular weight is 250 g/mol. The molecule has 0 amide bonds. The Kier molecular flexibility index (Phi) is 3.21. The Hall–Kier alpha value is -0.687. The second kappa shape index (κ2) is 4.01. The number of hydrogen-bond acceptors (Lipinski definition) is 2. The Morgan fingerprint density at radius 3 is 2.69 bits per heavy atom. The van der Waals surface area contributed by atoms with Crippen LogP contribution in [0.3, 0.4) is 0 Å². The summed E-state index contributed by atoms with van der Waals surface area (Å²) >= 11 is 0. The third-order valence-corrected chi connectivity index (χ3v) is 1.84. The van der Waals surface area contributed by atoms with Crippen LogP contribution in [-0.2, 0) is 26.2 Å². The molecule has 0 radical (unpaired) electrons. The van der Waals surface area contributed by atoms with E-state index in [4.69, 9.17) is 0 Å². The maximum absolute atomic E-state index is 9.43. The molecule has 2 aromatic rings. The first-order chi connectivity index (χ1) is 5.77. The van der Waals surface area contributed by atoms with Crippen molar-refractivity contribution in [3.05, 3.63) is 36.0 Å². The van der Waals surface area contributed by atoms with E-state index in [1.54, 1.807) is 6.07 Å². The van der Waals surface area contributed by atoms with E-state index >= 15 is 0 Å². The first-order valence-corrected chi connectivity index (χ1v) is 3.83. The Labute approximate surface area is 95.7 Å². The normalized spacial score (nSPS) is 9.62. The maximum Gasteiger partial charge on any atom is 0.141 e. The zero-order valence-corrected chi connectivity index (χ0v) is 9.74. The van der Waals surface area contributed by atoms with Gasteiger partial charge in [-0.2, -0.15) is 0 Å². The number of aryl methyl sites for hydroxylation is 1. The summed E-state index contributed by atoms with van der Waals surface area (Å²) in [6, 6.07) is 9.28. The SMILES string of the molecule is Cc1ccc2cccc(O)c2n1.[Zr]. The number of rotatable bonds is 0. The minimum absolute atomic E-state index is 0. The Morgan fingerprint density at radius 2 is 1.92 bits per heavy atom. The van der Waals surface area contributed by atoms with Crippen molar-refractivity contribution in [1.82, 2.24) is 4.98 Å². The van der Waals surface area contributed by atoms with Crippen LogP contribution in [0.4, 0.5) is 0 Å². The van der Waals surface area contributed by atoms with Gasteiger partial charge in [0.15, 0.2) is 0 Å². The fraction of sp³-hybridized carbons (Fsp3) is 0.100. The van der Waals surface area contributed by atoms with Gasteiger partial charge in [0.1, 0.15) is 11.3 Å². The Morgan fingerprint density at radius 1 is 1.15 bits per heavy atom. The Balaban J connectivity index is 0.000000845. The summed E-state index contributed by atoms with van der Waals surface area (Å²) in [6.07, 6.45) is 0. The van der Waals surface area contributed by atoms with E-state index in [2.05, 4.69) is 4.98 Å². The van der Waals surface area contributed by atoms with E-state index in [0.717, 1.165) is 11.1 Å². The van der Waals surface area contributed by atoms with Crippen molar-refractivity contribution in [3.8, 4) is 5.75 Å². The molecular weight excluding hydrogens is 241 g/mol. The molecule has 1 aromatic heterocycles. The summed E-state index contributed by atoms with van der Waals surface area (Å²) in [4.78, 5) is 4.23. The van der Waals surface area contributed by atoms with Gasteiger partial charge >= 0.3 is 0 Å². The molecule has 0 fully saturated rings. The monoisotopic (exact) mass is 249 g/mol. The molecular formula is C10H9NOZr. The number of fused-ring (bicyclic) bond motifs is 1.